The molecule has 0 saturated carbocycles. The maximum atomic E-state index is 12.4. The average Bonchev–Trinajstić information content (AvgIpc) is 3.04. The van der Waals surface area contributed by atoms with E-state index in [-0.39, 0.29) is 0 Å². The number of benzene rings is 1. The third kappa shape index (κ3) is 4.45. The molecule has 27 heavy (non-hydrogen) atoms. The lowest BCUT2D eigenvalue weighted by Crippen LogP contribution is -2.03. The molecule has 1 unspecified atom stereocenters. The van der Waals surface area contributed by atoms with Crippen molar-refractivity contribution < 1.29 is 4.21 Å². The second kappa shape index (κ2) is 8.59. The molecule has 3 aromatic rings. The average molecular weight is 425 g/mol. The Morgan fingerprint density at radius 1 is 1.19 bits per heavy atom. The molecule has 2 heterocycles. The zero-order valence-electron chi connectivity index (χ0n) is 15.3. The van der Waals surface area contributed by atoms with Crippen LogP contribution >= 0.6 is 23.2 Å². The molecule has 144 valence electrons. The topological polar surface area (TPSA) is 73.8 Å². The van der Waals surface area contributed by atoms with Crippen LogP contribution in [0.15, 0.2) is 29.4 Å². The summed E-state index contributed by atoms with van der Waals surface area (Å²) in [6, 6.07) is 5.09. The summed E-state index contributed by atoms with van der Waals surface area (Å²) < 4.78 is 14.5. The van der Waals surface area contributed by atoms with E-state index in [0.717, 1.165) is 48.1 Å². The number of nitrogens with two attached hydrogens (primary N) is 1. The summed E-state index contributed by atoms with van der Waals surface area (Å²) in [5, 5.41) is 1.01. The summed E-state index contributed by atoms with van der Waals surface area (Å²) in [4.78, 5) is 9.39. The normalized spacial score (nSPS) is 12.6. The van der Waals surface area contributed by atoms with Gasteiger partial charge in [-0.25, -0.2) is 9.97 Å². The molecule has 0 amide bonds. The molecule has 0 saturated heterocycles. The monoisotopic (exact) mass is 424 g/mol. The highest BCUT2D eigenvalue weighted by molar-refractivity contribution is 7.85. The first kappa shape index (κ1) is 20.1. The Morgan fingerprint density at radius 2 is 1.96 bits per heavy atom. The molecule has 0 aliphatic heterocycles. The third-order valence-corrected chi connectivity index (χ3v) is 6.80. The van der Waals surface area contributed by atoms with Crippen LogP contribution in [0.25, 0.3) is 11.0 Å². The molecular weight excluding hydrogens is 403 g/mol. The molecule has 0 aliphatic rings. The van der Waals surface area contributed by atoms with Crippen molar-refractivity contribution in [1.29, 1.82) is 0 Å². The molecule has 0 bridgehead atoms. The van der Waals surface area contributed by atoms with Crippen molar-refractivity contribution in [2.75, 3.05) is 11.5 Å². The smallest absolute Gasteiger partial charge is 0.151 e. The molecule has 2 N–H and O–H groups in total. The van der Waals surface area contributed by atoms with E-state index in [0.29, 0.717) is 26.5 Å². The van der Waals surface area contributed by atoms with E-state index in [9.17, 15) is 4.21 Å². The van der Waals surface area contributed by atoms with Gasteiger partial charge in [-0.15, -0.1) is 0 Å². The second-order valence-corrected chi connectivity index (χ2v) is 8.91. The molecule has 0 spiro atoms. The van der Waals surface area contributed by atoms with Gasteiger partial charge in [-0.05, 0) is 50.5 Å². The van der Waals surface area contributed by atoms with Gasteiger partial charge in [0.1, 0.15) is 5.52 Å². The minimum absolute atomic E-state index is 0.461. The molecule has 8 heteroatoms. The standard InChI is InChI=1S/C19H22Cl2N4OS/c1-12-13(2)24-19(22)17-18(12)25(11-23-17)8-4-3-5-9-27(26)16-7-6-14(20)10-15(16)21/h6-7,10-11H,3-5,8-9H2,1-2H3,(H2,22,24). The van der Waals surface area contributed by atoms with Crippen LogP contribution in [-0.4, -0.2) is 24.5 Å². The van der Waals surface area contributed by atoms with Gasteiger partial charge in [-0.1, -0.05) is 29.6 Å². The fraction of sp³-hybridized carbons (Fsp3) is 0.368. The number of nitrogens with zero attached hydrogens (tertiary/aromatic N) is 3. The van der Waals surface area contributed by atoms with Crippen LogP contribution in [0.3, 0.4) is 0 Å². The molecule has 1 atom stereocenters. The number of fused-ring (bicyclic) bond motifs is 1. The summed E-state index contributed by atoms with van der Waals surface area (Å²) in [6.45, 7) is 4.84. The minimum atomic E-state index is -1.11. The summed E-state index contributed by atoms with van der Waals surface area (Å²) in [5.74, 6) is 1.06. The SMILES string of the molecule is Cc1nc(N)c2ncn(CCCCCS(=O)c3ccc(Cl)cc3Cl)c2c1C. The predicted octanol–water partition coefficient (Wildman–Crippen LogP) is 4.92. The highest BCUT2D eigenvalue weighted by Gasteiger charge is 2.13. The summed E-state index contributed by atoms with van der Waals surface area (Å²) in [6.07, 6.45) is 4.62. The highest BCUT2D eigenvalue weighted by Crippen LogP contribution is 2.25. The summed E-state index contributed by atoms with van der Waals surface area (Å²) in [5.41, 5.74) is 9.83. The van der Waals surface area contributed by atoms with E-state index in [2.05, 4.69) is 14.5 Å². The number of nitrogen functional groups attached to an aromatic ring is 1. The van der Waals surface area contributed by atoms with E-state index in [4.69, 9.17) is 28.9 Å². The van der Waals surface area contributed by atoms with Gasteiger partial charge in [0.2, 0.25) is 0 Å². The molecular formula is C19H22Cl2N4OS. The van der Waals surface area contributed by atoms with Gasteiger partial charge in [0, 0.05) is 23.0 Å². The molecule has 0 radical (unpaired) electrons. The van der Waals surface area contributed by atoms with Crippen LogP contribution in [0.1, 0.15) is 30.5 Å². The highest BCUT2D eigenvalue weighted by atomic mass is 35.5. The van der Waals surface area contributed by atoms with Crippen molar-refractivity contribution in [3.8, 4) is 0 Å². The Balaban J connectivity index is 1.55. The molecule has 3 rings (SSSR count). The molecule has 2 aromatic heterocycles. The number of imidazole rings is 1. The van der Waals surface area contributed by atoms with E-state index < -0.39 is 10.8 Å². The lowest BCUT2D eigenvalue weighted by molar-refractivity contribution is 0.610. The van der Waals surface area contributed by atoms with E-state index in [1.165, 1.54) is 0 Å². The Bertz CT molecular complexity index is 1000. The lowest BCUT2D eigenvalue weighted by Gasteiger charge is -2.09. The zero-order chi connectivity index (χ0) is 19.6. The van der Waals surface area contributed by atoms with Crippen molar-refractivity contribution in [3.05, 3.63) is 45.8 Å². The first-order chi connectivity index (χ1) is 12.9. The quantitative estimate of drug-likeness (QED) is 0.546. The summed E-state index contributed by atoms with van der Waals surface area (Å²) >= 11 is 12.0. The molecule has 5 nitrogen and oxygen atoms in total. The van der Waals surface area contributed by atoms with Crippen LogP contribution in [0.5, 0.6) is 0 Å². The van der Waals surface area contributed by atoms with Gasteiger partial charge in [0.15, 0.2) is 5.82 Å². The van der Waals surface area contributed by atoms with E-state index in [1.807, 2.05) is 20.2 Å². The van der Waals surface area contributed by atoms with Crippen LogP contribution in [-0.2, 0) is 17.3 Å². The van der Waals surface area contributed by atoms with E-state index in [1.54, 1.807) is 18.2 Å². The molecule has 1 aromatic carbocycles. The van der Waals surface area contributed by atoms with Gasteiger partial charge in [-0.3, -0.25) is 4.21 Å². The Labute approximate surface area is 171 Å². The van der Waals surface area contributed by atoms with Crippen molar-refractivity contribution in [2.45, 2.75) is 44.6 Å². The van der Waals surface area contributed by atoms with Crippen LogP contribution < -0.4 is 5.73 Å². The predicted molar refractivity (Wildman–Crippen MR) is 113 cm³/mol. The zero-order valence-corrected chi connectivity index (χ0v) is 17.7. The number of aryl methyl sites for hydroxylation is 3. The largest absolute Gasteiger partial charge is 0.382 e. The van der Waals surface area contributed by atoms with Crippen LogP contribution in [0.4, 0.5) is 5.82 Å². The van der Waals surface area contributed by atoms with Gasteiger partial charge < -0.3 is 10.3 Å². The van der Waals surface area contributed by atoms with Crippen molar-refractivity contribution >= 4 is 50.9 Å². The number of rotatable bonds is 7. The van der Waals surface area contributed by atoms with E-state index >= 15 is 0 Å². The number of hydrogen-bond donors (Lipinski definition) is 1. The summed E-state index contributed by atoms with van der Waals surface area (Å²) in [7, 11) is -1.11. The Hall–Kier alpha value is -1.63. The van der Waals surface area contributed by atoms with Gasteiger partial charge >= 0.3 is 0 Å². The Morgan fingerprint density at radius 3 is 2.70 bits per heavy atom. The minimum Gasteiger partial charge on any atom is -0.382 e. The first-order valence-corrected chi connectivity index (χ1v) is 10.9. The Kier molecular flexibility index (Phi) is 6.40. The van der Waals surface area contributed by atoms with Gasteiger partial charge in [0.25, 0.3) is 0 Å². The molecule has 0 fully saturated rings. The van der Waals surface area contributed by atoms with Gasteiger partial charge in [-0.2, -0.15) is 0 Å². The van der Waals surface area contributed by atoms with Crippen LogP contribution in [0, 0.1) is 13.8 Å². The molecule has 0 aliphatic carbocycles. The number of halogens is 2. The number of pyridine rings is 1. The third-order valence-electron chi connectivity index (χ3n) is 4.63. The van der Waals surface area contributed by atoms with Crippen LogP contribution in [0.2, 0.25) is 10.0 Å². The number of unbranched alkanes of at least 4 members (excludes halogenated alkanes) is 2. The first-order valence-electron chi connectivity index (χ1n) is 8.79. The van der Waals surface area contributed by atoms with Crippen molar-refractivity contribution in [2.24, 2.45) is 0 Å². The lowest BCUT2D eigenvalue weighted by atomic mass is 10.2. The number of anilines is 1. The van der Waals surface area contributed by atoms with Crippen molar-refractivity contribution in [3.63, 3.8) is 0 Å². The fourth-order valence-corrected chi connectivity index (χ4v) is 4.93. The van der Waals surface area contributed by atoms with Crippen molar-refractivity contribution in [1.82, 2.24) is 14.5 Å². The maximum Gasteiger partial charge on any atom is 0.151 e. The number of aromatic nitrogens is 3. The second-order valence-electron chi connectivity index (χ2n) is 6.53. The fourth-order valence-electron chi connectivity index (χ4n) is 3.08. The number of hydrogen-bond acceptors (Lipinski definition) is 4. The maximum absolute atomic E-state index is 12.4. The van der Waals surface area contributed by atoms with Gasteiger partial charge in [0.05, 0.1) is 32.6 Å².